The fourth-order valence-electron chi connectivity index (χ4n) is 5.48. The minimum Gasteiger partial charge on any atom is -0.311 e. The van der Waals surface area contributed by atoms with E-state index in [2.05, 4.69) is 32.9 Å². The van der Waals surface area contributed by atoms with Crippen LogP contribution in [0.1, 0.15) is 44.9 Å². The third-order valence-corrected chi connectivity index (χ3v) is 6.33. The second kappa shape index (κ2) is 5.21. The molecule has 3 nitrogen and oxygen atoms in total. The standard InChI is InChI=1S/C17H21IN2O/c18-14-1-2-15(19-10-14)20-16(21)9-17-6-11-3-12(7-17)5-13(4-11)8-17/h1-2,10-13H,3-9H2,(H,19,20,21). The molecule has 4 fully saturated rings. The molecule has 1 aromatic rings. The first kappa shape index (κ1) is 14.0. The van der Waals surface area contributed by atoms with Gasteiger partial charge in [0, 0.05) is 16.2 Å². The van der Waals surface area contributed by atoms with Crippen LogP contribution in [0.4, 0.5) is 5.82 Å². The summed E-state index contributed by atoms with van der Waals surface area (Å²) in [6, 6.07) is 3.87. The van der Waals surface area contributed by atoms with Crippen molar-refractivity contribution in [3.63, 3.8) is 0 Å². The number of nitrogens with zero attached hydrogens (tertiary/aromatic N) is 1. The third-order valence-electron chi connectivity index (χ3n) is 5.70. The topological polar surface area (TPSA) is 42.0 Å². The highest BCUT2D eigenvalue weighted by atomic mass is 127. The molecule has 1 heterocycles. The van der Waals surface area contributed by atoms with Crippen LogP contribution in [0.3, 0.4) is 0 Å². The zero-order valence-electron chi connectivity index (χ0n) is 12.1. The lowest BCUT2D eigenvalue weighted by Gasteiger charge is -2.56. The lowest BCUT2D eigenvalue weighted by Crippen LogP contribution is -2.47. The van der Waals surface area contributed by atoms with E-state index in [-0.39, 0.29) is 5.91 Å². The molecule has 1 amide bonds. The minimum absolute atomic E-state index is 0.158. The molecular formula is C17H21IN2O. The molecule has 4 bridgehead atoms. The number of halogens is 1. The Bertz CT molecular complexity index is 519. The summed E-state index contributed by atoms with van der Waals surface area (Å²) in [5.41, 5.74) is 0.308. The zero-order valence-corrected chi connectivity index (χ0v) is 14.3. The molecular weight excluding hydrogens is 375 g/mol. The Labute approximate surface area is 139 Å². The molecule has 0 aliphatic heterocycles. The number of carbonyl (C=O) groups is 1. The highest BCUT2D eigenvalue weighted by molar-refractivity contribution is 14.1. The Hall–Kier alpha value is -0.650. The molecule has 0 unspecified atom stereocenters. The Morgan fingerprint density at radius 3 is 2.33 bits per heavy atom. The Morgan fingerprint density at radius 1 is 1.19 bits per heavy atom. The van der Waals surface area contributed by atoms with Gasteiger partial charge in [0.15, 0.2) is 0 Å². The summed E-state index contributed by atoms with van der Waals surface area (Å²) in [4.78, 5) is 16.7. The van der Waals surface area contributed by atoms with Gasteiger partial charge in [-0.25, -0.2) is 4.98 Å². The van der Waals surface area contributed by atoms with Crippen LogP contribution in [0.25, 0.3) is 0 Å². The first-order valence-electron chi connectivity index (χ1n) is 8.02. The van der Waals surface area contributed by atoms with Crippen LogP contribution in [0.2, 0.25) is 0 Å². The lowest BCUT2D eigenvalue weighted by atomic mass is 9.49. The highest BCUT2D eigenvalue weighted by Gasteiger charge is 2.51. The molecule has 1 N–H and O–H groups in total. The number of amides is 1. The van der Waals surface area contributed by atoms with Crippen LogP contribution in [0.5, 0.6) is 0 Å². The SMILES string of the molecule is O=C(CC12CC3CC(CC(C3)C1)C2)Nc1ccc(I)cn1. The first-order valence-corrected chi connectivity index (χ1v) is 9.10. The van der Waals surface area contributed by atoms with E-state index in [1.165, 1.54) is 38.5 Å². The highest BCUT2D eigenvalue weighted by Crippen LogP contribution is 2.61. The maximum Gasteiger partial charge on any atom is 0.226 e. The molecule has 4 saturated carbocycles. The van der Waals surface area contributed by atoms with Crippen LogP contribution < -0.4 is 5.32 Å². The number of carbonyl (C=O) groups excluding carboxylic acids is 1. The van der Waals surface area contributed by atoms with Crippen molar-refractivity contribution >= 4 is 34.3 Å². The molecule has 0 radical (unpaired) electrons. The van der Waals surface area contributed by atoms with E-state index in [9.17, 15) is 4.79 Å². The van der Waals surface area contributed by atoms with E-state index >= 15 is 0 Å². The quantitative estimate of drug-likeness (QED) is 0.777. The lowest BCUT2D eigenvalue weighted by molar-refractivity contribution is -0.124. The van der Waals surface area contributed by atoms with Gasteiger partial charge >= 0.3 is 0 Å². The van der Waals surface area contributed by atoms with Crippen LogP contribution in [-0.4, -0.2) is 10.9 Å². The average molecular weight is 396 g/mol. The van der Waals surface area contributed by atoms with E-state index in [0.29, 0.717) is 17.7 Å². The smallest absolute Gasteiger partial charge is 0.226 e. The van der Waals surface area contributed by atoms with Crippen LogP contribution in [0.15, 0.2) is 18.3 Å². The Morgan fingerprint density at radius 2 is 1.81 bits per heavy atom. The molecule has 0 aromatic carbocycles. The largest absolute Gasteiger partial charge is 0.311 e. The Balaban J connectivity index is 1.43. The van der Waals surface area contributed by atoms with E-state index < -0.39 is 0 Å². The van der Waals surface area contributed by atoms with E-state index in [1.807, 2.05) is 12.1 Å². The molecule has 0 spiro atoms. The average Bonchev–Trinajstić information content (AvgIpc) is 2.39. The summed E-state index contributed by atoms with van der Waals surface area (Å²) < 4.78 is 1.09. The molecule has 0 atom stereocenters. The number of rotatable bonds is 3. The number of pyridine rings is 1. The predicted octanol–water partition coefficient (Wildman–Crippen LogP) is 4.23. The summed E-state index contributed by atoms with van der Waals surface area (Å²) in [7, 11) is 0. The summed E-state index contributed by atoms with van der Waals surface area (Å²) >= 11 is 2.22. The van der Waals surface area contributed by atoms with Crippen molar-refractivity contribution in [2.45, 2.75) is 44.9 Å². The van der Waals surface area contributed by atoms with Gasteiger partial charge < -0.3 is 5.32 Å². The molecule has 4 heteroatoms. The van der Waals surface area contributed by atoms with Gasteiger partial charge in [0.1, 0.15) is 5.82 Å². The van der Waals surface area contributed by atoms with Crippen molar-refractivity contribution in [2.75, 3.05) is 5.32 Å². The summed E-state index contributed by atoms with van der Waals surface area (Å²) in [5, 5.41) is 2.99. The number of hydrogen-bond donors (Lipinski definition) is 1. The number of aromatic nitrogens is 1. The van der Waals surface area contributed by atoms with Gasteiger partial charge in [-0.15, -0.1) is 0 Å². The minimum atomic E-state index is 0.158. The monoisotopic (exact) mass is 396 g/mol. The van der Waals surface area contributed by atoms with Gasteiger partial charge in [-0.1, -0.05) is 0 Å². The van der Waals surface area contributed by atoms with Crippen LogP contribution >= 0.6 is 22.6 Å². The first-order chi connectivity index (χ1) is 10.1. The fraction of sp³-hybridized carbons (Fsp3) is 0.647. The van der Waals surface area contributed by atoms with Gasteiger partial charge in [0.05, 0.1) is 0 Å². The van der Waals surface area contributed by atoms with Crippen molar-refractivity contribution in [1.82, 2.24) is 4.98 Å². The van der Waals surface area contributed by atoms with Gasteiger partial charge in [0.2, 0.25) is 5.91 Å². The second-order valence-electron chi connectivity index (χ2n) is 7.50. The van der Waals surface area contributed by atoms with E-state index in [4.69, 9.17) is 0 Å². The molecule has 4 aliphatic carbocycles. The number of nitrogens with one attached hydrogen (secondary N) is 1. The zero-order chi connectivity index (χ0) is 14.4. The third kappa shape index (κ3) is 2.83. The molecule has 112 valence electrons. The predicted molar refractivity (Wildman–Crippen MR) is 90.8 cm³/mol. The maximum atomic E-state index is 12.4. The van der Waals surface area contributed by atoms with Crippen LogP contribution in [0, 0.1) is 26.7 Å². The van der Waals surface area contributed by atoms with Crippen molar-refractivity contribution in [1.29, 1.82) is 0 Å². The van der Waals surface area contributed by atoms with Crippen molar-refractivity contribution in [2.24, 2.45) is 23.2 Å². The van der Waals surface area contributed by atoms with Gasteiger partial charge in [0.25, 0.3) is 0 Å². The van der Waals surface area contributed by atoms with Crippen molar-refractivity contribution in [3.8, 4) is 0 Å². The fourth-order valence-corrected chi connectivity index (χ4v) is 5.80. The van der Waals surface area contributed by atoms with Crippen LogP contribution in [-0.2, 0) is 4.79 Å². The molecule has 0 saturated heterocycles. The molecule has 5 rings (SSSR count). The number of hydrogen-bond acceptors (Lipinski definition) is 2. The second-order valence-corrected chi connectivity index (χ2v) is 8.75. The number of anilines is 1. The maximum absolute atomic E-state index is 12.4. The van der Waals surface area contributed by atoms with Gasteiger partial charge in [-0.3, -0.25) is 4.79 Å². The Kier molecular flexibility index (Phi) is 3.47. The van der Waals surface area contributed by atoms with Crippen molar-refractivity contribution in [3.05, 3.63) is 21.9 Å². The molecule has 4 aliphatic rings. The molecule has 1 aromatic heterocycles. The summed E-state index contributed by atoms with van der Waals surface area (Å²) in [6.07, 6.45) is 10.6. The van der Waals surface area contributed by atoms with E-state index in [1.54, 1.807) is 6.20 Å². The molecule has 21 heavy (non-hydrogen) atoms. The normalized spacial score (nSPS) is 36.7. The van der Waals surface area contributed by atoms with Gasteiger partial charge in [-0.2, -0.15) is 0 Å². The van der Waals surface area contributed by atoms with Gasteiger partial charge in [-0.05, 0) is 96.4 Å². The summed E-state index contributed by atoms with van der Waals surface area (Å²) in [6.45, 7) is 0. The van der Waals surface area contributed by atoms with Crippen molar-refractivity contribution < 1.29 is 4.79 Å². The summed E-state index contributed by atoms with van der Waals surface area (Å²) in [5.74, 6) is 3.55. The van der Waals surface area contributed by atoms with E-state index in [0.717, 1.165) is 21.3 Å².